The number of carbonyl (C=O) groups is 1. The lowest BCUT2D eigenvalue weighted by atomic mass is 10.4. The normalized spacial score (nSPS) is 12.7. The summed E-state index contributed by atoms with van der Waals surface area (Å²) in [5.41, 5.74) is 0. The molecule has 0 saturated carbocycles. The quantitative estimate of drug-likeness (QED) is 0.846. The van der Waals surface area contributed by atoms with Gasteiger partial charge in [0, 0.05) is 17.8 Å². The van der Waals surface area contributed by atoms with E-state index in [0.29, 0.717) is 5.13 Å². The Kier molecular flexibility index (Phi) is 3.70. The van der Waals surface area contributed by atoms with Gasteiger partial charge in [0.1, 0.15) is 5.03 Å². The molecule has 0 aliphatic carbocycles. The van der Waals surface area contributed by atoms with Crippen LogP contribution in [0.15, 0.2) is 22.8 Å². The highest BCUT2D eigenvalue weighted by molar-refractivity contribution is 7.13. The molecule has 3 nitrogen and oxygen atoms in total. The predicted molar refractivity (Wildman–Crippen MR) is 50.7 cm³/mol. The van der Waals surface area contributed by atoms with Crippen molar-refractivity contribution in [2.75, 3.05) is 5.32 Å². The SMILES string of the molecule is O=C(/C(Cl)=C/Nc1nccs1)C(F)(F)F. The number of thiazole rings is 1. The Labute approximate surface area is 91.6 Å². The highest BCUT2D eigenvalue weighted by Crippen LogP contribution is 2.22. The summed E-state index contributed by atoms with van der Waals surface area (Å²) in [6, 6.07) is 0. The van der Waals surface area contributed by atoms with Gasteiger partial charge < -0.3 is 5.32 Å². The van der Waals surface area contributed by atoms with Crippen LogP contribution < -0.4 is 5.32 Å². The number of ketones is 1. The molecule has 0 spiro atoms. The van der Waals surface area contributed by atoms with Gasteiger partial charge in [0.25, 0.3) is 5.78 Å². The third-order valence-corrected chi connectivity index (χ3v) is 2.21. The maximum Gasteiger partial charge on any atom is 0.455 e. The first-order valence-corrected chi connectivity index (χ1v) is 4.80. The Morgan fingerprint density at radius 3 is 2.73 bits per heavy atom. The number of carbonyl (C=O) groups excluding carboxylic acids is 1. The minimum Gasteiger partial charge on any atom is -0.336 e. The van der Waals surface area contributed by atoms with Crippen molar-refractivity contribution in [2.24, 2.45) is 0 Å². The molecule has 0 radical (unpaired) electrons. The summed E-state index contributed by atoms with van der Waals surface area (Å²) < 4.78 is 35.5. The molecule has 0 amide bonds. The van der Waals surface area contributed by atoms with E-state index in [1.807, 2.05) is 0 Å². The van der Waals surface area contributed by atoms with Crippen LogP contribution >= 0.6 is 22.9 Å². The summed E-state index contributed by atoms with van der Waals surface area (Å²) >= 11 is 6.30. The number of nitrogens with zero attached hydrogens (tertiary/aromatic N) is 1. The first kappa shape index (κ1) is 12.0. The second-order valence-electron chi connectivity index (χ2n) is 2.30. The number of Topliss-reactive ketones (excluding diaryl/α,β-unsaturated/α-hetero) is 1. The van der Waals surface area contributed by atoms with Crippen LogP contribution in [0, 0.1) is 0 Å². The second kappa shape index (κ2) is 4.63. The monoisotopic (exact) mass is 256 g/mol. The van der Waals surface area contributed by atoms with Crippen molar-refractivity contribution >= 4 is 33.9 Å². The van der Waals surface area contributed by atoms with Crippen molar-refractivity contribution in [3.63, 3.8) is 0 Å². The zero-order chi connectivity index (χ0) is 11.5. The molecule has 1 aromatic rings. The summed E-state index contributed by atoms with van der Waals surface area (Å²) in [5, 5.41) is 3.41. The van der Waals surface area contributed by atoms with E-state index >= 15 is 0 Å². The van der Waals surface area contributed by atoms with Crippen LogP contribution in [0.1, 0.15) is 0 Å². The zero-order valence-electron chi connectivity index (χ0n) is 7.01. The van der Waals surface area contributed by atoms with Gasteiger partial charge in [-0.2, -0.15) is 13.2 Å². The molecule has 82 valence electrons. The summed E-state index contributed by atoms with van der Waals surface area (Å²) in [6.45, 7) is 0. The molecular formula is C7H4ClF3N2OS. The van der Waals surface area contributed by atoms with Crippen molar-refractivity contribution in [1.29, 1.82) is 0 Å². The van der Waals surface area contributed by atoms with Crippen LogP contribution in [0.3, 0.4) is 0 Å². The molecule has 0 aromatic carbocycles. The van der Waals surface area contributed by atoms with Crippen molar-refractivity contribution < 1.29 is 18.0 Å². The molecule has 0 bridgehead atoms. The molecule has 8 heteroatoms. The van der Waals surface area contributed by atoms with E-state index in [4.69, 9.17) is 11.6 Å². The Morgan fingerprint density at radius 1 is 1.60 bits per heavy atom. The number of halogens is 4. The average Bonchev–Trinajstić information content (AvgIpc) is 2.63. The first-order chi connectivity index (χ1) is 6.91. The number of hydrogen-bond acceptors (Lipinski definition) is 4. The Bertz CT molecular complexity index is 374. The van der Waals surface area contributed by atoms with Gasteiger partial charge in [-0.15, -0.1) is 11.3 Å². The highest BCUT2D eigenvalue weighted by atomic mass is 35.5. The molecule has 0 atom stereocenters. The van der Waals surface area contributed by atoms with Gasteiger partial charge >= 0.3 is 6.18 Å². The van der Waals surface area contributed by atoms with Gasteiger partial charge in [-0.1, -0.05) is 11.6 Å². The maximum absolute atomic E-state index is 11.8. The molecule has 0 aliphatic rings. The number of hydrogen-bond donors (Lipinski definition) is 1. The Morgan fingerprint density at radius 2 is 2.27 bits per heavy atom. The summed E-state index contributed by atoms with van der Waals surface area (Å²) in [5.74, 6) is -2.09. The van der Waals surface area contributed by atoms with Gasteiger partial charge in [-0.3, -0.25) is 4.79 Å². The fourth-order valence-corrected chi connectivity index (χ4v) is 1.28. The number of rotatable bonds is 3. The fraction of sp³-hybridized carbons (Fsp3) is 0.143. The Hall–Kier alpha value is -1.08. The van der Waals surface area contributed by atoms with Crippen molar-refractivity contribution in [3.8, 4) is 0 Å². The molecule has 1 rings (SSSR count). The highest BCUT2D eigenvalue weighted by Gasteiger charge is 2.40. The van der Waals surface area contributed by atoms with E-state index in [1.54, 1.807) is 5.38 Å². The molecule has 0 saturated heterocycles. The smallest absolute Gasteiger partial charge is 0.336 e. The molecule has 15 heavy (non-hydrogen) atoms. The lowest BCUT2D eigenvalue weighted by molar-refractivity contribution is -0.165. The topological polar surface area (TPSA) is 42.0 Å². The summed E-state index contributed by atoms with van der Waals surface area (Å²) in [6.07, 6.45) is -2.74. The fourth-order valence-electron chi connectivity index (χ4n) is 0.621. The van der Waals surface area contributed by atoms with Crippen LogP contribution in [-0.4, -0.2) is 16.9 Å². The average molecular weight is 257 g/mol. The van der Waals surface area contributed by atoms with E-state index in [9.17, 15) is 18.0 Å². The minimum atomic E-state index is -4.96. The largest absolute Gasteiger partial charge is 0.455 e. The van der Waals surface area contributed by atoms with Crippen LogP contribution in [-0.2, 0) is 4.79 Å². The van der Waals surface area contributed by atoms with Crippen LogP contribution in [0.2, 0.25) is 0 Å². The zero-order valence-corrected chi connectivity index (χ0v) is 8.58. The minimum absolute atomic E-state index is 0.350. The summed E-state index contributed by atoms with van der Waals surface area (Å²) in [4.78, 5) is 14.3. The molecule has 1 aromatic heterocycles. The standard InChI is InChI=1S/C7H4ClF3N2OS/c8-4(5(14)7(9,10)11)3-13-6-12-1-2-15-6/h1-3H,(H,12,13)/b4-3-. The van der Waals surface area contributed by atoms with E-state index < -0.39 is 17.0 Å². The number of nitrogens with one attached hydrogen (secondary N) is 1. The van der Waals surface area contributed by atoms with Gasteiger partial charge in [0.05, 0.1) is 0 Å². The lowest BCUT2D eigenvalue weighted by Gasteiger charge is -2.03. The molecule has 0 aliphatic heterocycles. The number of allylic oxidation sites excluding steroid dienone is 1. The number of alkyl halides is 3. The third-order valence-electron chi connectivity index (χ3n) is 1.23. The van der Waals surface area contributed by atoms with Gasteiger partial charge in [0.2, 0.25) is 0 Å². The second-order valence-corrected chi connectivity index (χ2v) is 3.60. The van der Waals surface area contributed by atoms with Crippen molar-refractivity contribution in [3.05, 3.63) is 22.8 Å². The number of aromatic nitrogens is 1. The maximum atomic E-state index is 11.8. The summed E-state index contributed by atoms with van der Waals surface area (Å²) in [7, 11) is 0. The van der Waals surface area contributed by atoms with Crippen LogP contribution in [0.4, 0.5) is 18.3 Å². The molecule has 0 unspecified atom stereocenters. The van der Waals surface area contributed by atoms with E-state index in [2.05, 4.69) is 10.3 Å². The molecule has 1 N–H and O–H groups in total. The Balaban J connectivity index is 2.65. The molecule has 1 heterocycles. The predicted octanol–water partition coefficient (Wildman–Crippen LogP) is 2.77. The lowest BCUT2D eigenvalue weighted by Crippen LogP contribution is -2.23. The van der Waals surface area contributed by atoms with Crippen LogP contribution in [0.5, 0.6) is 0 Å². The molecular weight excluding hydrogens is 253 g/mol. The van der Waals surface area contributed by atoms with E-state index in [0.717, 1.165) is 6.20 Å². The van der Waals surface area contributed by atoms with E-state index in [1.165, 1.54) is 17.5 Å². The van der Waals surface area contributed by atoms with Crippen LogP contribution in [0.25, 0.3) is 0 Å². The van der Waals surface area contributed by atoms with Gasteiger partial charge in [-0.05, 0) is 0 Å². The molecule has 0 fully saturated rings. The third kappa shape index (κ3) is 3.52. The van der Waals surface area contributed by atoms with Gasteiger partial charge in [0.15, 0.2) is 5.13 Å². The van der Waals surface area contributed by atoms with Crippen molar-refractivity contribution in [1.82, 2.24) is 4.98 Å². The van der Waals surface area contributed by atoms with Gasteiger partial charge in [-0.25, -0.2) is 4.98 Å². The van der Waals surface area contributed by atoms with E-state index in [-0.39, 0.29) is 0 Å². The number of anilines is 1. The first-order valence-electron chi connectivity index (χ1n) is 3.54. The van der Waals surface area contributed by atoms with Crippen molar-refractivity contribution in [2.45, 2.75) is 6.18 Å².